The first-order valence-corrected chi connectivity index (χ1v) is 6.84. The minimum atomic E-state index is -0.819. The van der Waals surface area contributed by atoms with E-state index < -0.39 is 17.6 Å². The summed E-state index contributed by atoms with van der Waals surface area (Å²) >= 11 is 0. The fourth-order valence-corrected chi connectivity index (χ4v) is 2.07. The second kappa shape index (κ2) is 6.39. The Morgan fingerprint density at radius 1 is 1.09 bits per heavy atom. The van der Waals surface area contributed by atoms with Gasteiger partial charge in [0.2, 0.25) is 0 Å². The number of ether oxygens (including phenoxy) is 1. The Balaban J connectivity index is 1.65. The molecule has 0 amide bonds. The van der Waals surface area contributed by atoms with E-state index in [2.05, 4.69) is 5.10 Å². The van der Waals surface area contributed by atoms with Crippen LogP contribution in [0.3, 0.4) is 0 Å². The van der Waals surface area contributed by atoms with Crippen molar-refractivity contribution in [1.29, 1.82) is 0 Å². The molecule has 0 unspecified atom stereocenters. The van der Waals surface area contributed by atoms with Crippen LogP contribution in [-0.2, 0) is 11.3 Å². The highest BCUT2D eigenvalue weighted by Gasteiger charge is 2.11. The summed E-state index contributed by atoms with van der Waals surface area (Å²) in [7, 11) is 0. The largest absolute Gasteiger partial charge is 0.457 e. The lowest BCUT2D eigenvalue weighted by atomic mass is 10.2. The first-order valence-electron chi connectivity index (χ1n) is 6.84. The van der Waals surface area contributed by atoms with E-state index in [1.807, 2.05) is 24.4 Å². The zero-order valence-electron chi connectivity index (χ0n) is 11.9. The van der Waals surface area contributed by atoms with Crippen LogP contribution in [0.4, 0.5) is 8.78 Å². The first-order chi connectivity index (χ1) is 11.1. The molecule has 0 N–H and O–H groups in total. The fourth-order valence-electron chi connectivity index (χ4n) is 2.07. The number of nitrogens with zero attached hydrogens (tertiary/aromatic N) is 2. The number of esters is 1. The Bertz CT molecular complexity index is 795. The molecule has 0 saturated carbocycles. The molecule has 0 radical (unpaired) electrons. The van der Waals surface area contributed by atoms with Crippen LogP contribution < -0.4 is 0 Å². The number of carbonyl (C=O) groups excluding carboxylic acids is 1. The van der Waals surface area contributed by atoms with Gasteiger partial charge in [-0.1, -0.05) is 12.1 Å². The third kappa shape index (κ3) is 3.60. The van der Waals surface area contributed by atoms with Crippen LogP contribution in [0.5, 0.6) is 0 Å². The molecule has 3 rings (SSSR count). The van der Waals surface area contributed by atoms with Gasteiger partial charge >= 0.3 is 5.97 Å². The van der Waals surface area contributed by atoms with Gasteiger partial charge < -0.3 is 4.74 Å². The van der Waals surface area contributed by atoms with Crippen molar-refractivity contribution in [3.63, 3.8) is 0 Å². The summed E-state index contributed by atoms with van der Waals surface area (Å²) in [4.78, 5) is 11.8. The second-order valence-corrected chi connectivity index (χ2v) is 4.85. The summed E-state index contributed by atoms with van der Waals surface area (Å²) in [6.45, 7) is 0.0103. The zero-order valence-corrected chi connectivity index (χ0v) is 11.9. The van der Waals surface area contributed by atoms with Crippen molar-refractivity contribution < 1.29 is 18.3 Å². The smallest absolute Gasteiger partial charge is 0.338 e. The van der Waals surface area contributed by atoms with E-state index >= 15 is 0 Å². The van der Waals surface area contributed by atoms with Crippen molar-refractivity contribution >= 4 is 5.97 Å². The van der Waals surface area contributed by atoms with Gasteiger partial charge in [-0.05, 0) is 35.9 Å². The normalized spacial score (nSPS) is 10.5. The van der Waals surface area contributed by atoms with Gasteiger partial charge in [-0.25, -0.2) is 18.3 Å². The summed E-state index contributed by atoms with van der Waals surface area (Å²) < 4.78 is 32.9. The third-order valence-corrected chi connectivity index (χ3v) is 3.17. The second-order valence-electron chi connectivity index (χ2n) is 4.85. The molecule has 1 heterocycles. The summed E-state index contributed by atoms with van der Waals surface area (Å²) in [6, 6.07) is 11.6. The summed E-state index contributed by atoms with van der Waals surface area (Å²) in [5, 5.41) is 4.11. The van der Waals surface area contributed by atoms with Crippen LogP contribution in [0.25, 0.3) is 5.69 Å². The van der Waals surface area contributed by atoms with Crippen LogP contribution in [0.15, 0.2) is 60.9 Å². The minimum Gasteiger partial charge on any atom is -0.457 e. The van der Waals surface area contributed by atoms with E-state index in [4.69, 9.17) is 4.74 Å². The van der Waals surface area contributed by atoms with Gasteiger partial charge in [0.15, 0.2) is 0 Å². The Morgan fingerprint density at radius 2 is 1.78 bits per heavy atom. The van der Waals surface area contributed by atoms with E-state index in [1.165, 1.54) is 0 Å². The molecule has 0 fully saturated rings. The van der Waals surface area contributed by atoms with Crippen molar-refractivity contribution in [3.8, 4) is 5.69 Å². The van der Waals surface area contributed by atoms with E-state index in [0.717, 1.165) is 23.4 Å². The first kappa shape index (κ1) is 14.9. The molecule has 4 nitrogen and oxygen atoms in total. The summed E-state index contributed by atoms with van der Waals surface area (Å²) in [5.74, 6) is -2.42. The van der Waals surface area contributed by atoms with E-state index in [-0.39, 0.29) is 12.2 Å². The van der Waals surface area contributed by atoms with E-state index in [1.54, 1.807) is 23.0 Å². The lowest BCUT2D eigenvalue weighted by Gasteiger charge is -2.07. The molecular formula is C17H12F2N2O2. The topological polar surface area (TPSA) is 44.1 Å². The molecule has 116 valence electrons. The maximum Gasteiger partial charge on any atom is 0.338 e. The average Bonchev–Trinajstić information content (AvgIpc) is 3.06. The summed E-state index contributed by atoms with van der Waals surface area (Å²) in [5.41, 5.74) is 1.47. The highest BCUT2D eigenvalue weighted by atomic mass is 19.1. The van der Waals surface area contributed by atoms with Gasteiger partial charge in [0.05, 0.1) is 11.3 Å². The fraction of sp³-hybridized carbons (Fsp3) is 0.0588. The number of hydrogen-bond acceptors (Lipinski definition) is 3. The molecule has 0 aliphatic rings. The Kier molecular flexibility index (Phi) is 4.14. The molecule has 3 aromatic rings. The van der Waals surface area contributed by atoms with Crippen molar-refractivity contribution in [1.82, 2.24) is 9.78 Å². The van der Waals surface area contributed by atoms with Gasteiger partial charge in [-0.2, -0.15) is 5.10 Å². The maximum atomic E-state index is 13.1. The van der Waals surface area contributed by atoms with Gasteiger partial charge in [0, 0.05) is 18.5 Å². The minimum absolute atomic E-state index is 0.0103. The third-order valence-electron chi connectivity index (χ3n) is 3.17. The quantitative estimate of drug-likeness (QED) is 0.692. The monoisotopic (exact) mass is 314 g/mol. The Hall–Kier alpha value is -3.02. The molecule has 2 aromatic carbocycles. The van der Waals surface area contributed by atoms with Crippen LogP contribution in [-0.4, -0.2) is 15.7 Å². The van der Waals surface area contributed by atoms with Crippen LogP contribution >= 0.6 is 0 Å². The molecule has 0 bridgehead atoms. The lowest BCUT2D eigenvalue weighted by Crippen LogP contribution is -2.06. The van der Waals surface area contributed by atoms with Crippen LogP contribution in [0.2, 0.25) is 0 Å². The molecule has 0 saturated heterocycles. The Labute approximate surface area is 130 Å². The number of benzene rings is 2. The van der Waals surface area contributed by atoms with Gasteiger partial charge in [-0.3, -0.25) is 0 Å². The number of aromatic nitrogens is 2. The van der Waals surface area contributed by atoms with E-state index in [0.29, 0.717) is 6.07 Å². The standard InChI is InChI=1S/C17H12F2N2O2/c18-14-8-13(9-15(19)10-14)17(22)23-11-12-2-4-16(5-3-12)21-7-1-6-20-21/h1-10H,11H2. The van der Waals surface area contributed by atoms with Crippen molar-refractivity contribution in [3.05, 3.63) is 83.7 Å². The lowest BCUT2D eigenvalue weighted by molar-refractivity contribution is 0.0471. The zero-order chi connectivity index (χ0) is 16.2. The predicted molar refractivity (Wildman–Crippen MR) is 79.0 cm³/mol. The molecule has 0 atom stereocenters. The molecule has 0 aliphatic carbocycles. The van der Waals surface area contributed by atoms with Crippen LogP contribution in [0, 0.1) is 11.6 Å². The Morgan fingerprint density at radius 3 is 2.39 bits per heavy atom. The number of carbonyl (C=O) groups is 1. The number of halogens is 2. The average molecular weight is 314 g/mol. The SMILES string of the molecule is O=C(OCc1ccc(-n2cccn2)cc1)c1cc(F)cc(F)c1. The van der Waals surface area contributed by atoms with E-state index in [9.17, 15) is 13.6 Å². The number of rotatable bonds is 4. The summed E-state index contributed by atoms with van der Waals surface area (Å²) in [6.07, 6.45) is 3.49. The molecule has 1 aromatic heterocycles. The predicted octanol–water partition coefficient (Wildman–Crippen LogP) is 3.51. The number of hydrogen-bond donors (Lipinski definition) is 0. The molecule has 0 aliphatic heterocycles. The van der Waals surface area contributed by atoms with Gasteiger partial charge in [0.1, 0.15) is 18.2 Å². The van der Waals surface area contributed by atoms with Crippen molar-refractivity contribution in [2.24, 2.45) is 0 Å². The maximum absolute atomic E-state index is 13.1. The molecule has 0 spiro atoms. The van der Waals surface area contributed by atoms with Crippen LogP contribution in [0.1, 0.15) is 15.9 Å². The highest BCUT2D eigenvalue weighted by Crippen LogP contribution is 2.12. The van der Waals surface area contributed by atoms with Crippen molar-refractivity contribution in [2.45, 2.75) is 6.61 Å². The molecule has 6 heteroatoms. The van der Waals surface area contributed by atoms with Crippen molar-refractivity contribution in [2.75, 3.05) is 0 Å². The van der Waals surface area contributed by atoms with Gasteiger partial charge in [-0.15, -0.1) is 0 Å². The molecule has 23 heavy (non-hydrogen) atoms. The molecular weight excluding hydrogens is 302 g/mol. The highest BCUT2D eigenvalue weighted by molar-refractivity contribution is 5.89. The van der Waals surface area contributed by atoms with Gasteiger partial charge in [0.25, 0.3) is 0 Å².